The minimum absolute atomic E-state index is 0.0154. The fraction of sp³-hybridized carbons (Fsp3) is 0.324. The standard InChI is InChI=1S/C37H40N2O3/c1-27-14-13-21-31(22-27)26-39-33(24-29-17-9-5-10-18-29)35-34(41-37(2,3)42-35)32(23-28-15-7-4-8-16-28)38(36(39)40)25-30-19-11-6-12-20-30/h4-22,32-35H,23-26H2,1-3H3/t32-,33-,34+,35+/m1/s1. The third-order valence-corrected chi connectivity index (χ3v) is 8.42. The summed E-state index contributed by atoms with van der Waals surface area (Å²) in [4.78, 5) is 19.1. The Hall–Kier alpha value is -3.93. The number of benzene rings is 4. The van der Waals surface area contributed by atoms with Gasteiger partial charge in [0.2, 0.25) is 0 Å². The van der Waals surface area contributed by atoms with E-state index in [1.165, 1.54) is 16.7 Å². The van der Waals surface area contributed by atoms with Crippen LogP contribution in [-0.4, -0.2) is 45.9 Å². The number of rotatable bonds is 8. The zero-order valence-electron chi connectivity index (χ0n) is 24.7. The quantitative estimate of drug-likeness (QED) is 0.229. The fourth-order valence-electron chi connectivity index (χ4n) is 6.54. The lowest BCUT2D eigenvalue weighted by molar-refractivity contribution is -0.157. The molecule has 216 valence electrons. The highest BCUT2D eigenvalue weighted by atomic mass is 16.8. The van der Waals surface area contributed by atoms with Gasteiger partial charge in [0.1, 0.15) is 12.2 Å². The summed E-state index contributed by atoms with van der Waals surface area (Å²) in [6.07, 6.45) is 0.750. The molecule has 5 heteroatoms. The molecule has 0 unspecified atom stereocenters. The van der Waals surface area contributed by atoms with Crippen LogP contribution in [0.15, 0.2) is 115 Å². The molecule has 5 nitrogen and oxygen atoms in total. The molecule has 42 heavy (non-hydrogen) atoms. The number of urea groups is 1. The van der Waals surface area contributed by atoms with E-state index in [4.69, 9.17) is 9.47 Å². The normalized spacial score (nSPS) is 23.5. The van der Waals surface area contributed by atoms with Gasteiger partial charge in [-0.1, -0.05) is 121 Å². The van der Waals surface area contributed by atoms with Crippen molar-refractivity contribution in [3.63, 3.8) is 0 Å². The maximum atomic E-state index is 15.0. The highest BCUT2D eigenvalue weighted by Crippen LogP contribution is 2.40. The fourth-order valence-corrected chi connectivity index (χ4v) is 6.54. The third kappa shape index (κ3) is 6.28. The molecule has 2 saturated heterocycles. The van der Waals surface area contributed by atoms with Crippen LogP contribution in [0, 0.1) is 6.92 Å². The summed E-state index contributed by atoms with van der Waals surface area (Å²) in [7, 11) is 0. The van der Waals surface area contributed by atoms with Crippen molar-refractivity contribution < 1.29 is 14.3 Å². The Labute approximate surface area is 249 Å². The number of carbonyl (C=O) groups excluding carboxylic acids is 1. The molecule has 0 spiro atoms. The SMILES string of the molecule is Cc1cccc(CN2C(=O)N(Cc3ccccc3)[C@H](Cc3ccccc3)[C@@H]3OC(C)(C)O[C@H]3[C@H]2Cc2ccccc2)c1. The number of hydrogen-bond donors (Lipinski definition) is 0. The molecule has 0 radical (unpaired) electrons. The van der Waals surface area contributed by atoms with E-state index in [1.807, 2.05) is 49.1 Å². The minimum Gasteiger partial charge on any atom is -0.342 e. The first-order chi connectivity index (χ1) is 20.4. The number of aryl methyl sites for hydroxylation is 1. The Kier molecular flexibility index (Phi) is 8.14. The lowest BCUT2D eigenvalue weighted by Crippen LogP contribution is -2.51. The summed E-state index contributed by atoms with van der Waals surface area (Å²) in [5, 5.41) is 0. The van der Waals surface area contributed by atoms with Crippen LogP contribution in [0.25, 0.3) is 0 Å². The molecule has 0 aliphatic carbocycles. The van der Waals surface area contributed by atoms with Gasteiger partial charge in [-0.05, 0) is 55.9 Å². The first-order valence-corrected chi connectivity index (χ1v) is 15.0. The zero-order valence-corrected chi connectivity index (χ0v) is 24.7. The highest BCUT2D eigenvalue weighted by Gasteiger charge is 2.55. The van der Waals surface area contributed by atoms with Gasteiger partial charge in [0.15, 0.2) is 5.79 Å². The van der Waals surface area contributed by atoms with E-state index in [-0.39, 0.29) is 30.3 Å². The molecule has 2 heterocycles. The highest BCUT2D eigenvalue weighted by molar-refractivity contribution is 5.76. The number of fused-ring (bicyclic) bond motifs is 1. The van der Waals surface area contributed by atoms with E-state index in [2.05, 4.69) is 96.8 Å². The first kappa shape index (κ1) is 28.2. The molecule has 6 rings (SSSR count). The molecule has 2 fully saturated rings. The molecule has 4 aromatic carbocycles. The molecule has 0 bridgehead atoms. The first-order valence-electron chi connectivity index (χ1n) is 15.0. The maximum absolute atomic E-state index is 15.0. The van der Waals surface area contributed by atoms with Gasteiger partial charge in [-0.25, -0.2) is 4.79 Å². The third-order valence-electron chi connectivity index (χ3n) is 8.42. The molecule has 2 aliphatic heterocycles. The number of amides is 2. The van der Waals surface area contributed by atoms with Crippen molar-refractivity contribution in [1.82, 2.24) is 9.80 Å². The molecule has 2 aliphatic rings. The molecule has 0 aromatic heterocycles. The van der Waals surface area contributed by atoms with E-state index < -0.39 is 5.79 Å². The molecule has 0 saturated carbocycles. The predicted molar refractivity (Wildman–Crippen MR) is 166 cm³/mol. The van der Waals surface area contributed by atoms with Gasteiger partial charge < -0.3 is 19.3 Å². The van der Waals surface area contributed by atoms with E-state index in [0.29, 0.717) is 25.9 Å². The Morgan fingerprint density at radius 3 is 1.50 bits per heavy atom. The Morgan fingerprint density at radius 1 is 0.595 bits per heavy atom. The Morgan fingerprint density at radius 2 is 1.02 bits per heavy atom. The van der Waals surface area contributed by atoms with E-state index in [1.54, 1.807) is 0 Å². The van der Waals surface area contributed by atoms with E-state index >= 15 is 0 Å². The molecule has 2 amide bonds. The molecular formula is C37H40N2O3. The summed E-state index contributed by atoms with van der Waals surface area (Å²) in [6, 6.07) is 39.2. The molecule has 0 N–H and O–H groups in total. The Balaban J connectivity index is 1.48. The van der Waals surface area contributed by atoms with Crippen LogP contribution in [0.1, 0.15) is 41.7 Å². The van der Waals surface area contributed by atoms with Crippen molar-refractivity contribution in [2.45, 2.75) is 76.8 Å². The van der Waals surface area contributed by atoms with Crippen LogP contribution in [0.3, 0.4) is 0 Å². The predicted octanol–water partition coefficient (Wildman–Crippen LogP) is 7.18. The summed E-state index contributed by atoms with van der Waals surface area (Å²) in [5.74, 6) is -0.771. The van der Waals surface area contributed by atoms with Crippen LogP contribution in [0.2, 0.25) is 0 Å². The smallest absolute Gasteiger partial charge is 0.321 e. The summed E-state index contributed by atoms with van der Waals surface area (Å²) in [5.41, 5.74) is 5.73. The van der Waals surface area contributed by atoms with Crippen molar-refractivity contribution >= 4 is 6.03 Å². The van der Waals surface area contributed by atoms with Gasteiger partial charge in [0.05, 0.1) is 12.1 Å². The van der Waals surface area contributed by atoms with Gasteiger partial charge >= 0.3 is 6.03 Å². The maximum Gasteiger partial charge on any atom is 0.321 e. The van der Waals surface area contributed by atoms with Crippen LogP contribution >= 0.6 is 0 Å². The van der Waals surface area contributed by atoms with E-state index in [0.717, 1.165) is 11.1 Å². The van der Waals surface area contributed by atoms with Crippen LogP contribution in [-0.2, 0) is 35.4 Å². The van der Waals surface area contributed by atoms with Crippen molar-refractivity contribution in [3.05, 3.63) is 143 Å². The lowest BCUT2D eigenvalue weighted by atomic mass is 9.91. The average molecular weight is 561 g/mol. The summed E-state index contributed by atoms with van der Waals surface area (Å²) in [6.45, 7) is 7.07. The second kappa shape index (κ2) is 12.1. The van der Waals surface area contributed by atoms with Gasteiger partial charge in [-0.2, -0.15) is 0 Å². The van der Waals surface area contributed by atoms with Crippen molar-refractivity contribution in [1.29, 1.82) is 0 Å². The minimum atomic E-state index is -0.771. The molecule has 4 aromatic rings. The van der Waals surface area contributed by atoms with E-state index in [9.17, 15) is 4.79 Å². The Bertz CT molecular complexity index is 1470. The zero-order chi connectivity index (χ0) is 29.1. The van der Waals surface area contributed by atoms with Crippen molar-refractivity contribution in [3.8, 4) is 0 Å². The molecule has 4 atom stereocenters. The largest absolute Gasteiger partial charge is 0.342 e. The number of ether oxygens (including phenoxy) is 2. The second-order valence-electron chi connectivity index (χ2n) is 12.1. The van der Waals surface area contributed by atoms with Crippen LogP contribution in [0.4, 0.5) is 4.79 Å². The monoisotopic (exact) mass is 560 g/mol. The lowest BCUT2D eigenvalue weighted by Gasteiger charge is -2.37. The van der Waals surface area contributed by atoms with Gasteiger partial charge in [-0.3, -0.25) is 0 Å². The average Bonchev–Trinajstić information content (AvgIpc) is 3.29. The number of carbonyl (C=O) groups is 1. The van der Waals surface area contributed by atoms with Gasteiger partial charge in [0, 0.05) is 13.1 Å². The van der Waals surface area contributed by atoms with Crippen molar-refractivity contribution in [2.75, 3.05) is 0 Å². The molecular weight excluding hydrogens is 520 g/mol. The summed E-state index contributed by atoms with van der Waals surface area (Å²) < 4.78 is 13.6. The second-order valence-corrected chi connectivity index (χ2v) is 12.1. The van der Waals surface area contributed by atoms with Gasteiger partial charge in [0.25, 0.3) is 0 Å². The van der Waals surface area contributed by atoms with Crippen LogP contribution in [0.5, 0.6) is 0 Å². The van der Waals surface area contributed by atoms with Crippen LogP contribution < -0.4 is 0 Å². The summed E-state index contributed by atoms with van der Waals surface area (Å²) >= 11 is 0. The topological polar surface area (TPSA) is 42.0 Å². The van der Waals surface area contributed by atoms with Crippen molar-refractivity contribution in [2.24, 2.45) is 0 Å². The van der Waals surface area contributed by atoms with Gasteiger partial charge in [-0.15, -0.1) is 0 Å². The number of nitrogens with zero attached hydrogens (tertiary/aromatic N) is 2. The number of hydrogen-bond acceptors (Lipinski definition) is 3.